The first-order valence-electron chi connectivity index (χ1n) is 5.15. The molecule has 7 heteroatoms. The average Bonchev–Trinajstić information content (AvgIpc) is 2.29. The molecule has 3 nitrogen and oxygen atoms in total. The monoisotopic (exact) mass is 279 g/mol. The number of ether oxygens (including phenoxy) is 1. The van der Waals surface area contributed by atoms with Gasteiger partial charge >= 0.3 is 6.18 Å². The maximum Gasteiger partial charge on any atom is 0.418 e. The van der Waals surface area contributed by atoms with Gasteiger partial charge in [0.1, 0.15) is 6.61 Å². The van der Waals surface area contributed by atoms with E-state index < -0.39 is 17.6 Å². The van der Waals surface area contributed by atoms with Crippen molar-refractivity contribution in [3.05, 3.63) is 28.8 Å². The van der Waals surface area contributed by atoms with Crippen LogP contribution in [0.2, 0.25) is 5.02 Å². The molecule has 98 valence electrons. The number of halogens is 4. The summed E-state index contributed by atoms with van der Waals surface area (Å²) in [6.45, 7) is 0.0163. The lowest BCUT2D eigenvalue weighted by atomic mass is 10.1. The number of carbonyl (C=O) groups excluding carboxylic acids is 1. The van der Waals surface area contributed by atoms with E-state index in [0.29, 0.717) is 0 Å². The van der Waals surface area contributed by atoms with Crippen molar-refractivity contribution in [2.45, 2.75) is 6.18 Å². The summed E-state index contributed by atoms with van der Waals surface area (Å²) in [4.78, 5) is 12.6. The lowest BCUT2D eigenvalue weighted by molar-refractivity contribution is -0.137. The third kappa shape index (κ3) is 2.44. The van der Waals surface area contributed by atoms with Gasteiger partial charge in [-0.2, -0.15) is 13.2 Å². The highest BCUT2D eigenvalue weighted by Crippen LogP contribution is 2.40. The van der Waals surface area contributed by atoms with Crippen molar-refractivity contribution in [1.29, 1.82) is 0 Å². The fraction of sp³-hybridized carbons (Fsp3) is 0.364. The van der Waals surface area contributed by atoms with Gasteiger partial charge in [0.05, 0.1) is 22.9 Å². The normalized spacial score (nSPS) is 17.1. The minimum atomic E-state index is -4.56. The third-order valence-electron chi connectivity index (χ3n) is 2.55. The van der Waals surface area contributed by atoms with Gasteiger partial charge in [0.25, 0.3) is 5.91 Å². The molecule has 0 radical (unpaired) electrons. The van der Waals surface area contributed by atoms with Crippen molar-refractivity contribution >= 4 is 23.2 Å². The predicted octanol–water partition coefficient (Wildman–Crippen LogP) is 2.72. The molecule has 0 spiro atoms. The van der Waals surface area contributed by atoms with E-state index in [1.165, 1.54) is 12.1 Å². The van der Waals surface area contributed by atoms with E-state index >= 15 is 0 Å². The van der Waals surface area contributed by atoms with Gasteiger partial charge in [-0.1, -0.05) is 17.7 Å². The molecule has 1 aliphatic rings. The van der Waals surface area contributed by atoms with Crippen molar-refractivity contribution in [3.63, 3.8) is 0 Å². The van der Waals surface area contributed by atoms with Gasteiger partial charge in [-0.3, -0.25) is 4.79 Å². The zero-order valence-corrected chi connectivity index (χ0v) is 9.88. The minimum absolute atomic E-state index is 0.0612. The summed E-state index contributed by atoms with van der Waals surface area (Å²) < 4.78 is 43.5. The minimum Gasteiger partial charge on any atom is -0.370 e. The van der Waals surface area contributed by atoms with E-state index in [9.17, 15) is 18.0 Å². The lowest BCUT2D eigenvalue weighted by Gasteiger charge is -2.29. The number of amides is 1. The molecular formula is C11H9ClF3NO2. The zero-order valence-electron chi connectivity index (χ0n) is 9.13. The number of anilines is 1. The number of carbonyl (C=O) groups is 1. The number of alkyl halides is 3. The molecule has 1 heterocycles. The Hall–Kier alpha value is -1.27. The topological polar surface area (TPSA) is 29.5 Å². The Balaban J connectivity index is 2.51. The van der Waals surface area contributed by atoms with E-state index in [1.807, 2.05) is 0 Å². The Morgan fingerprint density at radius 3 is 2.67 bits per heavy atom. The Morgan fingerprint density at radius 2 is 2.06 bits per heavy atom. The number of benzene rings is 1. The van der Waals surface area contributed by atoms with Crippen LogP contribution in [0.25, 0.3) is 0 Å². The maximum absolute atomic E-state index is 12.9. The second-order valence-electron chi connectivity index (χ2n) is 3.73. The fourth-order valence-corrected chi connectivity index (χ4v) is 2.05. The third-order valence-corrected chi connectivity index (χ3v) is 2.85. The van der Waals surface area contributed by atoms with Crippen LogP contribution >= 0.6 is 11.6 Å². The van der Waals surface area contributed by atoms with Crippen LogP contribution in [0, 0.1) is 0 Å². The standard InChI is InChI=1S/C11H9ClF3NO2/c12-8-3-1-2-7(11(13,14)15)10(8)16-4-5-18-6-9(16)17/h1-3H,4-6H2. The van der Waals surface area contributed by atoms with Crippen LogP contribution in [-0.4, -0.2) is 25.7 Å². The quantitative estimate of drug-likeness (QED) is 0.791. The second kappa shape index (κ2) is 4.78. The summed E-state index contributed by atoms with van der Waals surface area (Å²) in [5.74, 6) is -0.528. The van der Waals surface area contributed by atoms with E-state index in [-0.39, 0.29) is 30.5 Å². The largest absolute Gasteiger partial charge is 0.418 e. The number of morpholine rings is 1. The Bertz CT molecular complexity index is 476. The van der Waals surface area contributed by atoms with Crippen molar-refractivity contribution in [2.75, 3.05) is 24.7 Å². The maximum atomic E-state index is 12.9. The van der Waals surface area contributed by atoms with Crippen LogP contribution in [0.1, 0.15) is 5.56 Å². The smallest absolute Gasteiger partial charge is 0.370 e. The first kappa shape index (κ1) is 13.2. The molecule has 1 aliphatic heterocycles. The van der Waals surface area contributed by atoms with Gasteiger partial charge in [-0.15, -0.1) is 0 Å². The van der Waals surface area contributed by atoms with Crippen molar-refractivity contribution in [1.82, 2.24) is 0 Å². The molecular weight excluding hydrogens is 271 g/mol. The number of nitrogens with zero attached hydrogens (tertiary/aromatic N) is 1. The summed E-state index contributed by atoms with van der Waals surface area (Å²) in [5, 5.41) is -0.0972. The van der Waals surface area contributed by atoms with Crippen molar-refractivity contribution in [2.24, 2.45) is 0 Å². The Kier molecular flexibility index (Phi) is 3.49. The molecule has 2 rings (SSSR count). The van der Waals surface area contributed by atoms with Crippen molar-refractivity contribution < 1.29 is 22.7 Å². The molecule has 0 aliphatic carbocycles. The number of para-hydroxylation sites is 1. The van der Waals surface area contributed by atoms with E-state index in [2.05, 4.69) is 0 Å². The first-order valence-corrected chi connectivity index (χ1v) is 5.53. The summed E-state index contributed by atoms with van der Waals surface area (Å²) >= 11 is 5.80. The zero-order chi connectivity index (χ0) is 13.3. The second-order valence-corrected chi connectivity index (χ2v) is 4.14. The fourth-order valence-electron chi connectivity index (χ4n) is 1.77. The SMILES string of the molecule is O=C1COCCN1c1c(Cl)cccc1C(F)(F)F. The summed E-state index contributed by atoms with van der Waals surface area (Å²) in [7, 11) is 0. The van der Waals surface area contributed by atoms with Crippen LogP contribution < -0.4 is 4.90 Å². The molecule has 0 aromatic heterocycles. The van der Waals surface area contributed by atoms with Gasteiger partial charge in [-0.25, -0.2) is 0 Å². The van der Waals surface area contributed by atoms with Crippen LogP contribution in [0.3, 0.4) is 0 Å². The molecule has 0 bridgehead atoms. The van der Waals surface area contributed by atoms with E-state index in [4.69, 9.17) is 16.3 Å². The molecule has 0 unspecified atom stereocenters. The number of hydrogen-bond acceptors (Lipinski definition) is 2. The molecule has 0 atom stereocenters. The molecule has 1 aromatic carbocycles. The molecule has 18 heavy (non-hydrogen) atoms. The van der Waals surface area contributed by atoms with Gasteiger partial charge in [-0.05, 0) is 12.1 Å². The summed E-state index contributed by atoms with van der Waals surface area (Å²) in [5.41, 5.74) is -1.20. The number of rotatable bonds is 1. The predicted molar refractivity (Wildman–Crippen MR) is 59.6 cm³/mol. The highest BCUT2D eigenvalue weighted by molar-refractivity contribution is 6.34. The number of hydrogen-bond donors (Lipinski definition) is 0. The van der Waals surface area contributed by atoms with Crippen LogP contribution in [0.4, 0.5) is 18.9 Å². The van der Waals surface area contributed by atoms with Gasteiger partial charge < -0.3 is 9.64 Å². The van der Waals surface area contributed by atoms with Crippen LogP contribution in [-0.2, 0) is 15.7 Å². The van der Waals surface area contributed by atoms with Gasteiger partial charge in [0.2, 0.25) is 0 Å². The van der Waals surface area contributed by atoms with Gasteiger partial charge in [0, 0.05) is 6.54 Å². The summed E-state index contributed by atoms with van der Waals surface area (Å²) in [6.07, 6.45) is -4.56. The van der Waals surface area contributed by atoms with E-state index in [1.54, 1.807) is 0 Å². The van der Waals surface area contributed by atoms with Crippen LogP contribution in [0.15, 0.2) is 18.2 Å². The Morgan fingerprint density at radius 1 is 1.33 bits per heavy atom. The highest BCUT2D eigenvalue weighted by atomic mass is 35.5. The molecule has 0 N–H and O–H groups in total. The average molecular weight is 280 g/mol. The summed E-state index contributed by atoms with van der Waals surface area (Å²) in [6, 6.07) is 3.44. The first-order chi connectivity index (χ1) is 8.41. The highest BCUT2D eigenvalue weighted by Gasteiger charge is 2.37. The Labute approximate surface area is 106 Å². The molecule has 1 amide bonds. The van der Waals surface area contributed by atoms with Crippen LogP contribution in [0.5, 0.6) is 0 Å². The molecule has 1 fully saturated rings. The molecule has 0 saturated carbocycles. The molecule has 1 aromatic rings. The lowest BCUT2D eigenvalue weighted by Crippen LogP contribution is -2.42. The van der Waals surface area contributed by atoms with Gasteiger partial charge in [0.15, 0.2) is 0 Å². The van der Waals surface area contributed by atoms with Crippen molar-refractivity contribution in [3.8, 4) is 0 Å². The van der Waals surface area contributed by atoms with E-state index in [0.717, 1.165) is 11.0 Å². The molecule has 1 saturated heterocycles.